The third kappa shape index (κ3) is 2.50. The molecule has 2 nitrogen and oxygen atoms in total. The molecule has 2 aromatic rings. The van der Waals surface area contributed by atoms with Crippen molar-refractivity contribution in [3.05, 3.63) is 42.1 Å². The average Bonchev–Trinajstić information content (AvgIpc) is 2.76. The number of fused-ring (bicyclic) bond motifs is 1. The van der Waals surface area contributed by atoms with Crippen LogP contribution in [0.3, 0.4) is 0 Å². The minimum Gasteiger partial charge on any atom is -0.310 e. The quantitative estimate of drug-likeness (QED) is 0.902. The molecule has 1 heterocycles. The lowest BCUT2D eigenvalue weighted by Crippen LogP contribution is -2.31. The van der Waals surface area contributed by atoms with Crippen molar-refractivity contribution in [2.75, 3.05) is 0 Å². The van der Waals surface area contributed by atoms with Gasteiger partial charge < -0.3 is 5.32 Å². The van der Waals surface area contributed by atoms with Gasteiger partial charge in [0.05, 0.1) is 5.52 Å². The number of nitrogens with one attached hydrogen (secondary N) is 1. The molecule has 19 heavy (non-hydrogen) atoms. The average molecular weight is 254 g/mol. The van der Waals surface area contributed by atoms with Gasteiger partial charge in [0.1, 0.15) is 0 Å². The van der Waals surface area contributed by atoms with Crippen molar-refractivity contribution in [3.63, 3.8) is 0 Å². The second-order valence-electron chi connectivity index (χ2n) is 5.89. The first-order valence-corrected chi connectivity index (χ1v) is 7.31. The Hall–Kier alpha value is -1.41. The van der Waals surface area contributed by atoms with Crippen LogP contribution in [0.4, 0.5) is 0 Å². The maximum absolute atomic E-state index is 4.42. The van der Waals surface area contributed by atoms with Gasteiger partial charge in [-0.15, -0.1) is 0 Å². The van der Waals surface area contributed by atoms with Gasteiger partial charge in [-0.25, -0.2) is 0 Å². The Kier molecular flexibility index (Phi) is 3.52. The van der Waals surface area contributed by atoms with Crippen LogP contribution < -0.4 is 5.32 Å². The largest absolute Gasteiger partial charge is 0.310 e. The Morgan fingerprint density at radius 3 is 2.79 bits per heavy atom. The molecular weight excluding hydrogens is 232 g/mol. The van der Waals surface area contributed by atoms with E-state index in [0.717, 1.165) is 23.9 Å². The summed E-state index contributed by atoms with van der Waals surface area (Å²) in [5.41, 5.74) is 2.45. The first-order chi connectivity index (χ1) is 9.25. The SMILES string of the molecule is CC1CCC(NCc2ccnc3ccccc23)C1C. The highest BCUT2D eigenvalue weighted by atomic mass is 14.9. The maximum Gasteiger partial charge on any atom is 0.0705 e. The molecule has 1 N–H and O–H groups in total. The molecule has 3 rings (SSSR count). The van der Waals surface area contributed by atoms with E-state index in [1.165, 1.54) is 23.8 Å². The van der Waals surface area contributed by atoms with E-state index in [-0.39, 0.29) is 0 Å². The van der Waals surface area contributed by atoms with Crippen molar-refractivity contribution < 1.29 is 0 Å². The molecule has 0 saturated heterocycles. The molecule has 0 spiro atoms. The summed E-state index contributed by atoms with van der Waals surface area (Å²) in [6.45, 7) is 5.69. The lowest BCUT2D eigenvalue weighted by Gasteiger charge is -2.20. The van der Waals surface area contributed by atoms with Gasteiger partial charge in [0.15, 0.2) is 0 Å². The molecule has 1 saturated carbocycles. The van der Waals surface area contributed by atoms with E-state index >= 15 is 0 Å². The highest BCUT2D eigenvalue weighted by Crippen LogP contribution is 2.31. The number of rotatable bonds is 3. The summed E-state index contributed by atoms with van der Waals surface area (Å²) >= 11 is 0. The van der Waals surface area contributed by atoms with E-state index in [1.54, 1.807) is 0 Å². The molecule has 0 radical (unpaired) electrons. The van der Waals surface area contributed by atoms with Crippen molar-refractivity contribution in [1.29, 1.82) is 0 Å². The fraction of sp³-hybridized carbons (Fsp3) is 0.471. The van der Waals surface area contributed by atoms with Crippen LogP contribution in [0.1, 0.15) is 32.3 Å². The van der Waals surface area contributed by atoms with Gasteiger partial charge in [0, 0.05) is 24.2 Å². The van der Waals surface area contributed by atoms with E-state index in [1.807, 2.05) is 12.3 Å². The Morgan fingerprint density at radius 1 is 1.16 bits per heavy atom. The van der Waals surface area contributed by atoms with E-state index in [4.69, 9.17) is 0 Å². The van der Waals surface area contributed by atoms with Crippen LogP contribution in [-0.4, -0.2) is 11.0 Å². The highest BCUT2D eigenvalue weighted by molar-refractivity contribution is 5.81. The summed E-state index contributed by atoms with van der Waals surface area (Å²) in [5, 5.41) is 5.02. The molecule has 3 atom stereocenters. The summed E-state index contributed by atoms with van der Waals surface area (Å²) in [5.74, 6) is 1.64. The molecule has 1 fully saturated rings. The molecule has 3 unspecified atom stereocenters. The van der Waals surface area contributed by atoms with Crippen LogP contribution in [0.5, 0.6) is 0 Å². The smallest absolute Gasteiger partial charge is 0.0705 e. The number of hydrogen-bond donors (Lipinski definition) is 1. The zero-order chi connectivity index (χ0) is 13.2. The van der Waals surface area contributed by atoms with E-state index < -0.39 is 0 Å². The number of aromatic nitrogens is 1. The molecule has 1 aliphatic rings. The summed E-state index contributed by atoms with van der Waals surface area (Å²) in [6.07, 6.45) is 4.58. The minimum absolute atomic E-state index is 0.668. The first kappa shape index (κ1) is 12.6. The van der Waals surface area contributed by atoms with Gasteiger partial charge in [-0.2, -0.15) is 0 Å². The Labute approximate surface area is 115 Å². The number of benzene rings is 1. The lowest BCUT2D eigenvalue weighted by molar-refractivity contribution is 0.370. The highest BCUT2D eigenvalue weighted by Gasteiger charge is 2.29. The normalized spacial score (nSPS) is 26.9. The van der Waals surface area contributed by atoms with Crippen LogP contribution in [0, 0.1) is 11.8 Å². The van der Waals surface area contributed by atoms with Crippen LogP contribution in [0.15, 0.2) is 36.5 Å². The predicted molar refractivity (Wildman–Crippen MR) is 79.9 cm³/mol. The molecule has 1 aromatic carbocycles. The van der Waals surface area contributed by atoms with Crippen LogP contribution in [0.25, 0.3) is 10.9 Å². The van der Waals surface area contributed by atoms with Crippen LogP contribution in [-0.2, 0) is 6.54 Å². The Bertz CT molecular complexity index is 559. The molecule has 1 aliphatic carbocycles. The van der Waals surface area contributed by atoms with E-state index in [0.29, 0.717) is 6.04 Å². The molecular formula is C17H22N2. The number of pyridine rings is 1. The maximum atomic E-state index is 4.42. The lowest BCUT2D eigenvalue weighted by atomic mass is 9.97. The Balaban J connectivity index is 1.75. The monoisotopic (exact) mass is 254 g/mol. The molecule has 0 bridgehead atoms. The standard InChI is InChI=1S/C17H22N2/c1-12-7-8-16(13(12)2)19-11-14-9-10-18-17-6-4-3-5-15(14)17/h3-6,9-10,12-13,16,19H,7-8,11H2,1-2H3. The number of hydrogen-bond acceptors (Lipinski definition) is 2. The van der Waals surface area contributed by atoms with Gasteiger partial charge in [-0.1, -0.05) is 32.0 Å². The van der Waals surface area contributed by atoms with Gasteiger partial charge in [-0.05, 0) is 42.4 Å². The van der Waals surface area contributed by atoms with Crippen LogP contribution in [0.2, 0.25) is 0 Å². The van der Waals surface area contributed by atoms with Crippen molar-refractivity contribution >= 4 is 10.9 Å². The molecule has 2 heteroatoms. The molecule has 100 valence electrons. The third-order valence-electron chi connectivity index (χ3n) is 4.76. The van der Waals surface area contributed by atoms with Gasteiger partial charge in [0.25, 0.3) is 0 Å². The first-order valence-electron chi connectivity index (χ1n) is 7.31. The zero-order valence-corrected chi connectivity index (χ0v) is 11.8. The Morgan fingerprint density at radius 2 is 2.00 bits per heavy atom. The van der Waals surface area contributed by atoms with E-state index in [2.05, 4.69) is 48.4 Å². The molecule has 1 aromatic heterocycles. The van der Waals surface area contributed by atoms with Crippen molar-refractivity contribution in [2.45, 2.75) is 39.3 Å². The van der Waals surface area contributed by atoms with Crippen molar-refractivity contribution in [2.24, 2.45) is 11.8 Å². The predicted octanol–water partition coefficient (Wildman–Crippen LogP) is 3.76. The van der Waals surface area contributed by atoms with Crippen molar-refractivity contribution in [3.8, 4) is 0 Å². The summed E-state index contributed by atoms with van der Waals surface area (Å²) in [6, 6.07) is 11.2. The summed E-state index contributed by atoms with van der Waals surface area (Å²) in [4.78, 5) is 4.42. The summed E-state index contributed by atoms with van der Waals surface area (Å²) < 4.78 is 0. The van der Waals surface area contributed by atoms with Crippen LogP contribution >= 0.6 is 0 Å². The topological polar surface area (TPSA) is 24.9 Å². The van der Waals surface area contributed by atoms with E-state index in [9.17, 15) is 0 Å². The molecule has 0 aliphatic heterocycles. The minimum atomic E-state index is 0.668. The van der Waals surface area contributed by atoms with Crippen molar-refractivity contribution in [1.82, 2.24) is 10.3 Å². The number of para-hydroxylation sites is 1. The third-order valence-corrected chi connectivity index (χ3v) is 4.76. The summed E-state index contributed by atoms with van der Waals surface area (Å²) in [7, 11) is 0. The van der Waals surface area contributed by atoms with Gasteiger partial charge >= 0.3 is 0 Å². The fourth-order valence-electron chi connectivity index (χ4n) is 3.20. The van der Waals surface area contributed by atoms with Gasteiger partial charge in [0.2, 0.25) is 0 Å². The van der Waals surface area contributed by atoms with Gasteiger partial charge in [-0.3, -0.25) is 4.98 Å². The molecule has 0 amide bonds. The second-order valence-corrected chi connectivity index (χ2v) is 5.89. The second kappa shape index (κ2) is 5.30. The number of nitrogens with zero attached hydrogens (tertiary/aromatic N) is 1. The fourth-order valence-corrected chi connectivity index (χ4v) is 3.20. The zero-order valence-electron chi connectivity index (χ0n) is 11.8.